The molecule has 31 heavy (non-hydrogen) atoms. The molecule has 1 aliphatic rings. The lowest BCUT2D eigenvalue weighted by Gasteiger charge is -2.39. The van der Waals surface area contributed by atoms with Crippen LogP contribution in [-0.4, -0.2) is 61.9 Å². The van der Waals surface area contributed by atoms with Crippen molar-refractivity contribution >= 4 is 23.0 Å². The fourth-order valence-electron chi connectivity index (χ4n) is 4.06. The smallest absolute Gasteiger partial charge is 0.173 e. The van der Waals surface area contributed by atoms with Crippen molar-refractivity contribution < 1.29 is 9.47 Å². The second-order valence-corrected chi connectivity index (χ2v) is 8.53. The van der Waals surface area contributed by atoms with Gasteiger partial charge in [-0.15, -0.1) is 0 Å². The van der Waals surface area contributed by atoms with Gasteiger partial charge in [-0.1, -0.05) is 25.1 Å². The van der Waals surface area contributed by atoms with Crippen LogP contribution in [0.5, 0.6) is 11.5 Å². The molecule has 0 aromatic heterocycles. The normalized spacial score (nSPS) is 14.8. The highest BCUT2D eigenvalue weighted by atomic mass is 32.1. The molecular weight excluding hydrogens is 406 g/mol. The van der Waals surface area contributed by atoms with Crippen LogP contribution < -0.4 is 14.8 Å². The number of hydrogen-bond donors (Lipinski definition) is 1. The Balaban J connectivity index is 1.72. The Morgan fingerprint density at radius 3 is 2.29 bits per heavy atom. The molecule has 1 fully saturated rings. The van der Waals surface area contributed by atoms with E-state index in [-0.39, 0.29) is 0 Å². The Kier molecular flexibility index (Phi) is 8.55. The number of piperidine rings is 1. The maximum Gasteiger partial charge on any atom is 0.173 e. The number of rotatable bonds is 8. The summed E-state index contributed by atoms with van der Waals surface area (Å²) in [7, 11) is 5.53. The highest BCUT2D eigenvalue weighted by Crippen LogP contribution is 2.28. The molecule has 0 spiro atoms. The molecule has 0 bridgehead atoms. The maximum absolute atomic E-state index is 5.89. The fourth-order valence-corrected chi connectivity index (χ4v) is 4.42. The summed E-state index contributed by atoms with van der Waals surface area (Å²) in [4.78, 5) is 4.77. The summed E-state index contributed by atoms with van der Waals surface area (Å²) in [5, 5.41) is 4.28. The van der Waals surface area contributed by atoms with Crippen LogP contribution in [-0.2, 0) is 12.8 Å². The monoisotopic (exact) mass is 441 g/mol. The van der Waals surface area contributed by atoms with Crippen molar-refractivity contribution in [3.8, 4) is 11.5 Å². The van der Waals surface area contributed by atoms with Crippen LogP contribution >= 0.6 is 12.2 Å². The first kappa shape index (κ1) is 23.4. The molecule has 5 nitrogen and oxygen atoms in total. The molecule has 6 heteroatoms. The molecule has 0 unspecified atom stereocenters. The number of likely N-dealkylation sites (tertiary alicyclic amines) is 1. The van der Waals surface area contributed by atoms with Gasteiger partial charge in [0.1, 0.15) is 0 Å². The van der Waals surface area contributed by atoms with E-state index in [9.17, 15) is 0 Å². The number of hydrogen-bond acceptors (Lipinski definition) is 4. The van der Waals surface area contributed by atoms with E-state index in [0.29, 0.717) is 6.04 Å². The van der Waals surface area contributed by atoms with Gasteiger partial charge in [0.25, 0.3) is 0 Å². The third-order valence-electron chi connectivity index (χ3n) is 6.09. The van der Waals surface area contributed by atoms with Gasteiger partial charge in [-0.2, -0.15) is 0 Å². The van der Waals surface area contributed by atoms with Crippen LogP contribution in [0, 0.1) is 0 Å². The molecule has 1 heterocycles. The van der Waals surface area contributed by atoms with Crippen molar-refractivity contribution in [2.24, 2.45) is 0 Å². The molecule has 2 aromatic carbocycles. The third-order valence-corrected chi connectivity index (χ3v) is 6.43. The first-order chi connectivity index (χ1) is 15.0. The zero-order valence-electron chi connectivity index (χ0n) is 19.2. The van der Waals surface area contributed by atoms with Crippen molar-refractivity contribution in [3.63, 3.8) is 0 Å². The largest absolute Gasteiger partial charge is 0.493 e. The average molecular weight is 442 g/mol. The summed E-state index contributed by atoms with van der Waals surface area (Å²) >= 11 is 5.89. The van der Waals surface area contributed by atoms with Crippen molar-refractivity contribution in [1.82, 2.24) is 9.80 Å². The zero-order chi connectivity index (χ0) is 22.2. The maximum atomic E-state index is 5.89. The van der Waals surface area contributed by atoms with Crippen molar-refractivity contribution in [1.29, 1.82) is 0 Å². The lowest BCUT2D eigenvalue weighted by molar-refractivity contribution is 0.178. The molecule has 3 rings (SSSR count). The summed E-state index contributed by atoms with van der Waals surface area (Å²) < 4.78 is 10.8. The van der Waals surface area contributed by atoms with Crippen LogP contribution in [0.1, 0.15) is 30.9 Å². The van der Waals surface area contributed by atoms with Gasteiger partial charge >= 0.3 is 0 Å². The molecular formula is C25H35N3O2S. The summed E-state index contributed by atoms with van der Waals surface area (Å²) in [6.45, 7) is 5.24. The molecule has 2 aromatic rings. The number of methoxy groups -OCH3 is 2. The zero-order valence-corrected chi connectivity index (χ0v) is 20.0. The second kappa shape index (κ2) is 11.3. The molecule has 168 valence electrons. The quantitative estimate of drug-likeness (QED) is 0.604. The Morgan fingerprint density at radius 1 is 1.03 bits per heavy atom. The van der Waals surface area contributed by atoms with Crippen LogP contribution in [0.15, 0.2) is 42.5 Å². The van der Waals surface area contributed by atoms with Gasteiger partial charge in [-0.25, -0.2) is 0 Å². The summed E-state index contributed by atoms with van der Waals surface area (Å²) in [5.41, 5.74) is 3.59. The van der Waals surface area contributed by atoms with E-state index >= 15 is 0 Å². The minimum atomic E-state index is 0.450. The molecule has 1 aliphatic heterocycles. The summed E-state index contributed by atoms with van der Waals surface area (Å²) in [5.74, 6) is 1.52. The molecule has 1 saturated heterocycles. The van der Waals surface area contributed by atoms with E-state index in [2.05, 4.69) is 65.5 Å². The van der Waals surface area contributed by atoms with E-state index in [1.165, 1.54) is 11.1 Å². The van der Waals surface area contributed by atoms with Crippen LogP contribution in [0.2, 0.25) is 0 Å². The van der Waals surface area contributed by atoms with Gasteiger partial charge in [-0.3, -0.25) is 0 Å². The van der Waals surface area contributed by atoms with E-state index < -0.39 is 0 Å². The Morgan fingerprint density at radius 2 is 1.68 bits per heavy atom. The molecule has 1 N–H and O–H groups in total. The second-order valence-electron chi connectivity index (χ2n) is 8.15. The van der Waals surface area contributed by atoms with E-state index in [0.717, 1.165) is 67.6 Å². The molecule has 0 amide bonds. The molecule has 0 aliphatic carbocycles. The first-order valence-electron chi connectivity index (χ1n) is 11.1. The highest BCUT2D eigenvalue weighted by Gasteiger charge is 2.25. The van der Waals surface area contributed by atoms with Gasteiger partial charge in [0.05, 0.1) is 14.2 Å². The number of nitrogens with zero attached hydrogens (tertiary/aromatic N) is 2. The van der Waals surface area contributed by atoms with Gasteiger partial charge in [0.15, 0.2) is 16.6 Å². The van der Waals surface area contributed by atoms with Gasteiger partial charge in [0, 0.05) is 18.3 Å². The van der Waals surface area contributed by atoms with Crippen molar-refractivity contribution in [2.45, 2.75) is 38.6 Å². The Bertz CT molecular complexity index is 848. The molecule has 0 saturated carbocycles. The van der Waals surface area contributed by atoms with Gasteiger partial charge in [-0.05, 0) is 93.4 Å². The van der Waals surface area contributed by atoms with Crippen LogP contribution in [0.4, 0.5) is 5.69 Å². The first-order valence-corrected chi connectivity index (χ1v) is 11.5. The predicted octanol–water partition coefficient (Wildman–Crippen LogP) is 4.60. The number of thiocarbonyl (C=S) groups is 1. The summed E-state index contributed by atoms with van der Waals surface area (Å²) in [6.07, 6.45) is 4.18. The predicted molar refractivity (Wildman–Crippen MR) is 133 cm³/mol. The number of benzene rings is 2. The van der Waals surface area contributed by atoms with Gasteiger partial charge in [0.2, 0.25) is 0 Å². The van der Waals surface area contributed by atoms with Crippen molar-refractivity contribution in [2.75, 3.05) is 46.2 Å². The van der Waals surface area contributed by atoms with E-state index in [4.69, 9.17) is 21.7 Å². The van der Waals surface area contributed by atoms with E-state index in [1.807, 2.05) is 6.07 Å². The standard InChI is InChI=1S/C25H35N3O2S/c1-5-19-6-9-21(10-7-19)26-25(31)28(22-13-15-27(2)16-14-22)17-12-20-8-11-23(29-3)24(18-20)30-4/h6-11,18,22H,5,12-17H2,1-4H3,(H,26,31). The SMILES string of the molecule is CCc1ccc(NC(=S)N(CCc2ccc(OC)c(OC)c2)C2CCN(C)CC2)cc1. The molecule has 0 radical (unpaired) electrons. The van der Waals surface area contributed by atoms with Crippen molar-refractivity contribution in [3.05, 3.63) is 53.6 Å². The lowest BCUT2D eigenvalue weighted by Crippen LogP contribution is -2.48. The molecule has 0 atom stereocenters. The highest BCUT2D eigenvalue weighted by molar-refractivity contribution is 7.80. The Labute approximate surface area is 192 Å². The Hall–Kier alpha value is -2.31. The van der Waals surface area contributed by atoms with Crippen LogP contribution in [0.3, 0.4) is 0 Å². The minimum absolute atomic E-state index is 0.450. The van der Waals surface area contributed by atoms with Crippen LogP contribution in [0.25, 0.3) is 0 Å². The van der Waals surface area contributed by atoms with E-state index in [1.54, 1.807) is 14.2 Å². The number of aryl methyl sites for hydroxylation is 1. The third kappa shape index (κ3) is 6.34. The average Bonchev–Trinajstić information content (AvgIpc) is 2.80. The number of ether oxygens (including phenoxy) is 2. The summed E-state index contributed by atoms with van der Waals surface area (Å²) in [6, 6.07) is 15.1. The topological polar surface area (TPSA) is 37.0 Å². The lowest BCUT2D eigenvalue weighted by atomic mass is 10.0. The fraction of sp³-hybridized carbons (Fsp3) is 0.480. The van der Waals surface area contributed by atoms with Gasteiger partial charge < -0.3 is 24.6 Å². The number of anilines is 1. The minimum Gasteiger partial charge on any atom is -0.493 e. The number of nitrogens with one attached hydrogen (secondary N) is 1.